The first kappa shape index (κ1) is 17.4. The van der Waals surface area contributed by atoms with Crippen LogP contribution in [0.2, 0.25) is 0 Å². The van der Waals surface area contributed by atoms with Gasteiger partial charge < -0.3 is 9.80 Å². The summed E-state index contributed by atoms with van der Waals surface area (Å²) in [6.07, 6.45) is -0.572. The summed E-state index contributed by atoms with van der Waals surface area (Å²) in [7, 11) is 1.61. The van der Waals surface area contributed by atoms with Gasteiger partial charge in [-0.1, -0.05) is 0 Å². The Labute approximate surface area is 151 Å². The summed E-state index contributed by atoms with van der Waals surface area (Å²) < 4.78 is 53.9. The summed E-state index contributed by atoms with van der Waals surface area (Å²) in [6, 6.07) is 0.353. The maximum atomic E-state index is 14.1. The lowest BCUT2D eigenvalue weighted by Gasteiger charge is -2.44. The van der Waals surface area contributed by atoms with Crippen molar-refractivity contribution in [2.75, 3.05) is 29.9 Å². The van der Waals surface area contributed by atoms with Gasteiger partial charge >= 0.3 is 6.18 Å². The van der Waals surface area contributed by atoms with Crippen LogP contribution in [0.5, 0.6) is 0 Å². The average molecular weight is 381 g/mol. The van der Waals surface area contributed by atoms with Crippen LogP contribution in [-0.2, 0) is 6.18 Å². The van der Waals surface area contributed by atoms with Gasteiger partial charge in [0.1, 0.15) is 5.82 Å². The van der Waals surface area contributed by atoms with E-state index in [0.29, 0.717) is 36.8 Å². The second-order valence-corrected chi connectivity index (χ2v) is 6.39. The zero-order valence-electron chi connectivity index (χ0n) is 14.4. The Kier molecular flexibility index (Phi) is 3.89. The quantitative estimate of drug-likeness (QED) is 0.649. The molecule has 11 heteroatoms. The van der Waals surface area contributed by atoms with Gasteiger partial charge in [-0.05, 0) is 13.0 Å². The molecule has 0 spiro atoms. The first-order valence-corrected chi connectivity index (χ1v) is 8.12. The molecular weight excluding hydrogens is 366 g/mol. The van der Waals surface area contributed by atoms with Gasteiger partial charge in [-0.25, -0.2) is 14.4 Å². The summed E-state index contributed by atoms with van der Waals surface area (Å²) in [5.41, 5.74) is -0.486. The molecule has 0 radical (unpaired) electrons. The van der Waals surface area contributed by atoms with Crippen molar-refractivity contribution in [3.63, 3.8) is 0 Å². The Morgan fingerprint density at radius 2 is 1.93 bits per heavy atom. The Morgan fingerprint density at radius 1 is 1.19 bits per heavy atom. The number of nitrogens with zero attached hydrogens (tertiary/aromatic N) is 7. The van der Waals surface area contributed by atoms with Crippen molar-refractivity contribution < 1.29 is 17.6 Å². The number of alkyl halides is 3. The fourth-order valence-electron chi connectivity index (χ4n) is 3.04. The zero-order valence-corrected chi connectivity index (χ0v) is 14.4. The first-order chi connectivity index (χ1) is 12.8. The van der Waals surface area contributed by atoms with E-state index in [1.165, 1.54) is 0 Å². The number of fused-ring (bicyclic) bond motifs is 1. The van der Waals surface area contributed by atoms with Crippen LogP contribution in [0.25, 0.3) is 5.65 Å². The maximum absolute atomic E-state index is 14.1. The van der Waals surface area contributed by atoms with E-state index in [9.17, 15) is 17.6 Å². The second-order valence-electron chi connectivity index (χ2n) is 6.39. The Hall–Kier alpha value is -2.98. The fraction of sp³-hybridized carbons (Fsp3) is 0.375. The van der Waals surface area contributed by atoms with E-state index in [4.69, 9.17) is 0 Å². The van der Waals surface area contributed by atoms with Gasteiger partial charge in [-0.2, -0.15) is 13.2 Å². The molecule has 1 aliphatic rings. The molecule has 0 aliphatic carbocycles. The van der Waals surface area contributed by atoms with Crippen molar-refractivity contribution in [2.24, 2.45) is 0 Å². The number of pyridine rings is 1. The van der Waals surface area contributed by atoms with Crippen LogP contribution in [0.4, 0.5) is 29.2 Å². The van der Waals surface area contributed by atoms with Gasteiger partial charge in [0.2, 0.25) is 5.65 Å². The standard InChI is InChI=1S/C16H15F4N7/c1-9-23-24-15-14(21-3-4-27(9)15)26-7-11(8-26)25(2)13-12(17)5-10(6-22-13)16(18,19)20/h3-6,11H,7-8H2,1-2H3. The monoisotopic (exact) mass is 381 g/mol. The smallest absolute Gasteiger partial charge is 0.351 e. The lowest BCUT2D eigenvalue weighted by molar-refractivity contribution is -0.138. The summed E-state index contributed by atoms with van der Waals surface area (Å²) in [5, 5.41) is 8.14. The molecule has 0 saturated carbocycles. The highest BCUT2D eigenvalue weighted by Crippen LogP contribution is 2.32. The molecule has 142 valence electrons. The summed E-state index contributed by atoms with van der Waals surface area (Å²) in [5.74, 6) is 0.277. The van der Waals surface area contributed by atoms with Gasteiger partial charge in [-0.15, -0.1) is 10.2 Å². The molecule has 1 aliphatic heterocycles. The number of anilines is 2. The SMILES string of the molecule is Cc1nnc2c(N3CC(N(C)c4ncc(C(F)(F)F)cc4F)C3)nccn12. The number of halogens is 4. The van der Waals surface area contributed by atoms with Crippen molar-refractivity contribution in [3.05, 3.63) is 41.9 Å². The first-order valence-electron chi connectivity index (χ1n) is 8.12. The fourth-order valence-corrected chi connectivity index (χ4v) is 3.04. The maximum Gasteiger partial charge on any atom is 0.417 e. The minimum absolute atomic E-state index is 0.114. The third kappa shape index (κ3) is 2.92. The molecule has 4 heterocycles. The Morgan fingerprint density at radius 3 is 2.59 bits per heavy atom. The minimum Gasteiger partial charge on any atom is -0.351 e. The topological polar surface area (TPSA) is 62.5 Å². The molecule has 0 N–H and O–H groups in total. The summed E-state index contributed by atoms with van der Waals surface area (Å²) in [4.78, 5) is 11.5. The van der Waals surface area contributed by atoms with Crippen LogP contribution in [-0.4, -0.2) is 50.7 Å². The van der Waals surface area contributed by atoms with Crippen LogP contribution in [0.3, 0.4) is 0 Å². The minimum atomic E-state index is -4.63. The van der Waals surface area contributed by atoms with Gasteiger partial charge in [0.15, 0.2) is 17.5 Å². The summed E-state index contributed by atoms with van der Waals surface area (Å²) >= 11 is 0. The molecule has 1 saturated heterocycles. The Balaban J connectivity index is 1.51. The van der Waals surface area contributed by atoms with Gasteiger partial charge in [0, 0.05) is 38.7 Å². The van der Waals surface area contributed by atoms with Crippen LogP contribution < -0.4 is 9.80 Å². The summed E-state index contributed by atoms with van der Waals surface area (Å²) in [6.45, 7) is 2.85. The van der Waals surface area contributed by atoms with Crippen molar-refractivity contribution in [2.45, 2.75) is 19.1 Å². The average Bonchev–Trinajstić information content (AvgIpc) is 2.95. The van der Waals surface area contributed by atoms with Crippen LogP contribution in [0.15, 0.2) is 24.7 Å². The largest absolute Gasteiger partial charge is 0.417 e. The number of hydrogen-bond donors (Lipinski definition) is 0. The number of aromatic nitrogens is 5. The third-order valence-corrected chi connectivity index (χ3v) is 4.67. The van der Waals surface area contributed by atoms with Crippen molar-refractivity contribution >= 4 is 17.3 Å². The predicted octanol–water partition coefficient (Wildman–Crippen LogP) is 2.31. The van der Waals surface area contributed by atoms with E-state index < -0.39 is 17.6 Å². The number of likely N-dealkylation sites (N-methyl/N-ethyl adjacent to an activating group) is 1. The molecule has 0 atom stereocenters. The highest BCUT2D eigenvalue weighted by Gasteiger charge is 2.36. The molecule has 1 fully saturated rings. The molecule has 4 rings (SSSR count). The molecule has 0 bridgehead atoms. The molecule has 7 nitrogen and oxygen atoms in total. The molecule has 3 aromatic heterocycles. The van der Waals surface area contributed by atoms with E-state index in [0.717, 1.165) is 5.82 Å². The van der Waals surface area contributed by atoms with E-state index in [1.807, 2.05) is 16.2 Å². The van der Waals surface area contributed by atoms with Crippen molar-refractivity contribution in [1.82, 2.24) is 24.6 Å². The van der Waals surface area contributed by atoms with Crippen LogP contribution >= 0.6 is 0 Å². The van der Waals surface area contributed by atoms with Gasteiger partial charge in [0.05, 0.1) is 11.6 Å². The third-order valence-electron chi connectivity index (χ3n) is 4.67. The van der Waals surface area contributed by atoms with E-state index >= 15 is 0 Å². The highest BCUT2D eigenvalue weighted by atomic mass is 19.4. The van der Waals surface area contributed by atoms with Crippen LogP contribution in [0.1, 0.15) is 11.4 Å². The molecule has 0 aromatic carbocycles. The lowest BCUT2D eigenvalue weighted by atomic mass is 10.1. The molecular formula is C16H15F4N7. The van der Waals surface area contributed by atoms with E-state index in [2.05, 4.69) is 20.2 Å². The van der Waals surface area contributed by atoms with Gasteiger partial charge in [-0.3, -0.25) is 4.40 Å². The molecule has 0 unspecified atom stereocenters. The second kappa shape index (κ2) is 6.03. The van der Waals surface area contributed by atoms with Crippen molar-refractivity contribution in [1.29, 1.82) is 0 Å². The van der Waals surface area contributed by atoms with Crippen molar-refractivity contribution in [3.8, 4) is 0 Å². The predicted molar refractivity (Wildman–Crippen MR) is 89.1 cm³/mol. The zero-order chi connectivity index (χ0) is 19.3. The lowest BCUT2D eigenvalue weighted by Crippen LogP contribution is -2.59. The molecule has 3 aromatic rings. The highest BCUT2D eigenvalue weighted by molar-refractivity contribution is 5.66. The molecule has 0 amide bonds. The Bertz CT molecular complexity index is 994. The van der Waals surface area contributed by atoms with Gasteiger partial charge in [0.25, 0.3) is 0 Å². The van der Waals surface area contributed by atoms with Crippen LogP contribution in [0, 0.1) is 12.7 Å². The molecule has 27 heavy (non-hydrogen) atoms. The number of hydrogen-bond acceptors (Lipinski definition) is 6. The number of aryl methyl sites for hydroxylation is 1. The normalized spacial score (nSPS) is 15.3. The number of rotatable bonds is 3. The van der Waals surface area contributed by atoms with E-state index in [-0.39, 0.29) is 11.9 Å². The van der Waals surface area contributed by atoms with E-state index in [1.54, 1.807) is 24.3 Å².